The number of methoxy groups -OCH3 is 1. The number of carbonyl (C=O) groups excluding carboxylic acids is 2. The topological polar surface area (TPSA) is 106 Å². The molecule has 1 N–H and O–H groups in total. The number of anilines is 2. The molecule has 0 saturated heterocycles. The lowest BCUT2D eigenvalue weighted by Gasteiger charge is -2.25. The number of aromatic nitrogens is 1. The fourth-order valence-electron chi connectivity index (χ4n) is 3.62. The summed E-state index contributed by atoms with van der Waals surface area (Å²) in [6.07, 6.45) is 3.11. The molecule has 0 atom stereocenters. The Morgan fingerprint density at radius 3 is 2.34 bits per heavy atom. The number of ketones is 1. The van der Waals surface area contributed by atoms with Gasteiger partial charge >= 0.3 is 0 Å². The molecule has 1 heterocycles. The molecule has 8 nitrogen and oxygen atoms in total. The zero-order valence-electron chi connectivity index (χ0n) is 19.1. The Morgan fingerprint density at radius 2 is 1.69 bits per heavy atom. The van der Waals surface area contributed by atoms with Crippen molar-refractivity contribution in [1.29, 1.82) is 0 Å². The van der Waals surface area contributed by atoms with Crippen LogP contribution in [0, 0.1) is 0 Å². The van der Waals surface area contributed by atoms with Crippen molar-refractivity contribution in [2.75, 3.05) is 23.3 Å². The molecule has 35 heavy (non-hydrogen) atoms. The van der Waals surface area contributed by atoms with E-state index in [1.807, 2.05) is 0 Å². The highest BCUT2D eigenvalue weighted by Crippen LogP contribution is 2.30. The second-order valence-corrected chi connectivity index (χ2v) is 9.58. The van der Waals surface area contributed by atoms with Gasteiger partial charge in [0, 0.05) is 34.4 Å². The summed E-state index contributed by atoms with van der Waals surface area (Å²) in [5, 5.41) is 3.87. The molecule has 1 amide bonds. The quantitative estimate of drug-likeness (QED) is 0.370. The minimum atomic E-state index is -4.15. The van der Waals surface area contributed by atoms with E-state index in [2.05, 4.69) is 10.3 Å². The monoisotopic (exact) mass is 489 g/mol. The van der Waals surface area contributed by atoms with Gasteiger partial charge in [-0.2, -0.15) is 0 Å². The third-order valence-corrected chi connectivity index (χ3v) is 7.26. The lowest BCUT2D eigenvalue weighted by Crippen LogP contribution is -2.38. The van der Waals surface area contributed by atoms with Gasteiger partial charge in [-0.1, -0.05) is 12.1 Å². The molecule has 0 aliphatic heterocycles. The predicted molar refractivity (Wildman–Crippen MR) is 134 cm³/mol. The van der Waals surface area contributed by atoms with Gasteiger partial charge < -0.3 is 10.1 Å². The van der Waals surface area contributed by atoms with Crippen LogP contribution in [0.5, 0.6) is 5.75 Å². The van der Waals surface area contributed by atoms with Gasteiger partial charge in [-0.05, 0) is 67.6 Å². The maximum Gasteiger partial charge on any atom is 0.265 e. The number of hydrogen-bond donors (Lipinski definition) is 1. The largest absolute Gasteiger partial charge is 0.497 e. The van der Waals surface area contributed by atoms with Gasteiger partial charge in [0.1, 0.15) is 12.3 Å². The maximum absolute atomic E-state index is 13.9. The smallest absolute Gasteiger partial charge is 0.265 e. The minimum Gasteiger partial charge on any atom is -0.497 e. The number of carbonyl (C=O) groups is 2. The molecule has 0 aliphatic carbocycles. The second-order valence-electron chi connectivity index (χ2n) is 7.74. The molecule has 0 fully saturated rings. The number of hydrogen-bond acceptors (Lipinski definition) is 6. The highest BCUT2D eigenvalue weighted by atomic mass is 32.2. The molecular formula is C26H23N3O5S. The van der Waals surface area contributed by atoms with E-state index in [0.717, 1.165) is 4.31 Å². The normalized spacial score (nSPS) is 11.1. The molecule has 0 aliphatic rings. The standard InChI is InChI=1S/C26H23N3O5S/c1-18(30)19-6-8-21(9-7-19)28-26(31)17-29(22-10-12-23(34-2)13-11-22)35(32,33)25-5-3-4-20-16-27-15-14-24(20)25/h3-16H,17H2,1-2H3,(H,28,31). The average molecular weight is 490 g/mol. The van der Waals surface area contributed by atoms with E-state index in [-0.39, 0.29) is 10.7 Å². The molecule has 0 radical (unpaired) electrons. The summed E-state index contributed by atoms with van der Waals surface area (Å²) >= 11 is 0. The van der Waals surface area contributed by atoms with Crippen molar-refractivity contribution in [3.63, 3.8) is 0 Å². The molecule has 178 valence electrons. The summed E-state index contributed by atoms with van der Waals surface area (Å²) in [5.41, 5.74) is 1.26. The van der Waals surface area contributed by atoms with Crippen molar-refractivity contribution in [2.24, 2.45) is 0 Å². The number of Topliss-reactive ketones (excluding diaryl/α,β-unsaturated/α-hetero) is 1. The van der Waals surface area contributed by atoms with E-state index < -0.39 is 22.5 Å². The lowest BCUT2D eigenvalue weighted by atomic mass is 10.1. The zero-order valence-corrected chi connectivity index (χ0v) is 20.0. The molecule has 1 aromatic heterocycles. The van der Waals surface area contributed by atoms with Crippen LogP contribution in [0.2, 0.25) is 0 Å². The first kappa shape index (κ1) is 23.9. The van der Waals surface area contributed by atoms with Crippen LogP contribution >= 0.6 is 0 Å². The van der Waals surface area contributed by atoms with Crippen molar-refractivity contribution < 1.29 is 22.7 Å². The van der Waals surface area contributed by atoms with Crippen molar-refractivity contribution in [2.45, 2.75) is 11.8 Å². The van der Waals surface area contributed by atoms with Crippen LogP contribution < -0.4 is 14.4 Å². The van der Waals surface area contributed by atoms with Crippen LogP contribution in [-0.2, 0) is 14.8 Å². The first-order valence-corrected chi connectivity index (χ1v) is 12.1. The van der Waals surface area contributed by atoms with Crippen molar-refractivity contribution >= 4 is 43.9 Å². The van der Waals surface area contributed by atoms with Crippen LogP contribution in [0.4, 0.5) is 11.4 Å². The third-order valence-electron chi connectivity index (χ3n) is 5.43. The van der Waals surface area contributed by atoms with Gasteiger partial charge in [0.05, 0.1) is 17.7 Å². The number of ether oxygens (including phenoxy) is 1. The van der Waals surface area contributed by atoms with E-state index in [0.29, 0.717) is 33.5 Å². The van der Waals surface area contributed by atoms with Crippen LogP contribution in [0.3, 0.4) is 0 Å². The number of fused-ring (bicyclic) bond motifs is 1. The maximum atomic E-state index is 13.9. The molecule has 0 bridgehead atoms. The first-order chi connectivity index (χ1) is 16.8. The predicted octanol–water partition coefficient (Wildman–Crippen LogP) is 4.28. The Balaban J connectivity index is 1.70. The fraction of sp³-hybridized carbons (Fsp3) is 0.115. The highest BCUT2D eigenvalue weighted by Gasteiger charge is 2.29. The van der Waals surface area contributed by atoms with Gasteiger partial charge in [0.15, 0.2) is 5.78 Å². The number of amides is 1. The molecule has 0 saturated carbocycles. The van der Waals surface area contributed by atoms with E-state index in [1.165, 1.54) is 26.3 Å². The van der Waals surface area contributed by atoms with E-state index >= 15 is 0 Å². The van der Waals surface area contributed by atoms with Crippen LogP contribution in [0.25, 0.3) is 10.8 Å². The first-order valence-electron chi connectivity index (χ1n) is 10.7. The lowest BCUT2D eigenvalue weighted by molar-refractivity contribution is -0.114. The number of pyridine rings is 1. The number of nitrogens with one attached hydrogen (secondary N) is 1. The van der Waals surface area contributed by atoms with Gasteiger partial charge in [-0.3, -0.25) is 18.9 Å². The molecule has 4 rings (SSSR count). The van der Waals surface area contributed by atoms with Gasteiger partial charge in [0.25, 0.3) is 10.0 Å². The van der Waals surface area contributed by atoms with E-state index in [4.69, 9.17) is 4.74 Å². The van der Waals surface area contributed by atoms with Crippen molar-refractivity contribution in [1.82, 2.24) is 4.98 Å². The van der Waals surface area contributed by atoms with Crippen LogP contribution in [-0.4, -0.2) is 38.7 Å². The fourth-order valence-corrected chi connectivity index (χ4v) is 5.26. The summed E-state index contributed by atoms with van der Waals surface area (Å²) in [6, 6.07) is 19.4. The highest BCUT2D eigenvalue weighted by molar-refractivity contribution is 7.93. The van der Waals surface area contributed by atoms with Crippen molar-refractivity contribution in [3.8, 4) is 5.75 Å². The molecular weight excluding hydrogens is 466 g/mol. The second kappa shape index (κ2) is 9.94. The summed E-state index contributed by atoms with van der Waals surface area (Å²) in [4.78, 5) is 28.6. The van der Waals surface area contributed by atoms with E-state index in [9.17, 15) is 18.0 Å². The van der Waals surface area contributed by atoms with Gasteiger partial charge in [-0.15, -0.1) is 0 Å². The third kappa shape index (κ3) is 5.15. The summed E-state index contributed by atoms with van der Waals surface area (Å²) in [6.45, 7) is 0.985. The Morgan fingerprint density at radius 1 is 0.971 bits per heavy atom. The number of rotatable bonds is 8. The van der Waals surface area contributed by atoms with E-state index in [1.54, 1.807) is 72.9 Å². The number of sulfonamides is 1. The summed E-state index contributed by atoms with van der Waals surface area (Å²) in [7, 11) is -2.63. The van der Waals surface area contributed by atoms with Gasteiger partial charge in [-0.25, -0.2) is 8.42 Å². The molecule has 9 heteroatoms. The Bertz CT molecular complexity index is 1480. The number of nitrogens with zero attached hydrogens (tertiary/aromatic N) is 2. The molecule has 4 aromatic rings. The Labute approximate surface area is 203 Å². The molecule has 0 unspecified atom stereocenters. The van der Waals surface area contributed by atoms with Gasteiger partial charge in [0.2, 0.25) is 5.91 Å². The average Bonchev–Trinajstić information content (AvgIpc) is 2.87. The number of benzene rings is 3. The zero-order chi connectivity index (χ0) is 25.0. The van der Waals surface area contributed by atoms with Crippen LogP contribution in [0.15, 0.2) is 90.1 Å². The molecule has 0 spiro atoms. The van der Waals surface area contributed by atoms with Crippen molar-refractivity contribution in [3.05, 3.63) is 90.8 Å². The summed E-state index contributed by atoms with van der Waals surface area (Å²) < 4.78 is 34.0. The Kier molecular flexibility index (Phi) is 6.79. The SMILES string of the molecule is COc1ccc(N(CC(=O)Nc2ccc(C(C)=O)cc2)S(=O)(=O)c2cccc3cnccc23)cc1. The molecule has 3 aromatic carbocycles. The Hall–Kier alpha value is -4.24. The minimum absolute atomic E-state index is 0.0619. The summed E-state index contributed by atoms with van der Waals surface area (Å²) in [5.74, 6) is -0.0795. The van der Waals surface area contributed by atoms with Crippen LogP contribution in [0.1, 0.15) is 17.3 Å².